The second kappa shape index (κ2) is 7.53. The van der Waals surface area contributed by atoms with Gasteiger partial charge in [0.15, 0.2) is 0 Å². The van der Waals surface area contributed by atoms with Crippen molar-refractivity contribution in [2.45, 2.75) is 0 Å². The van der Waals surface area contributed by atoms with E-state index in [0.29, 0.717) is 18.7 Å². The molecule has 0 N–H and O–H groups in total. The monoisotopic (exact) mass is 362 g/mol. The number of rotatable bonds is 4. The minimum absolute atomic E-state index is 0.0758. The second-order valence-electron chi connectivity index (χ2n) is 6.47. The zero-order valence-corrected chi connectivity index (χ0v) is 15.3. The molecule has 6 nitrogen and oxygen atoms in total. The van der Waals surface area contributed by atoms with Crippen LogP contribution in [0.5, 0.6) is 5.75 Å². The van der Waals surface area contributed by atoms with Gasteiger partial charge in [-0.3, -0.25) is 4.79 Å². The summed E-state index contributed by atoms with van der Waals surface area (Å²) in [5, 5.41) is 0. The molecule has 4 rings (SSSR count). The minimum Gasteiger partial charge on any atom is -0.495 e. The fourth-order valence-corrected chi connectivity index (χ4v) is 3.41. The molecule has 0 bridgehead atoms. The molecule has 1 aliphatic heterocycles. The van der Waals surface area contributed by atoms with Crippen molar-refractivity contribution < 1.29 is 9.53 Å². The number of anilines is 1. The van der Waals surface area contributed by atoms with E-state index in [1.54, 1.807) is 19.6 Å². The number of amides is 1. The third kappa shape index (κ3) is 3.51. The summed E-state index contributed by atoms with van der Waals surface area (Å²) in [6, 6.07) is 15.7. The number of methoxy groups -OCH3 is 1. The zero-order chi connectivity index (χ0) is 18.6. The van der Waals surface area contributed by atoms with Crippen LogP contribution in [-0.2, 0) is 0 Å². The quantitative estimate of drug-likeness (QED) is 0.716. The van der Waals surface area contributed by atoms with Gasteiger partial charge in [0.05, 0.1) is 19.1 Å². The summed E-state index contributed by atoms with van der Waals surface area (Å²) in [6.45, 7) is 2.97. The molecule has 1 saturated heterocycles. The van der Waals surface area contributed by atoms with Crippen LogP contribution in [0.25, 0.3) is 5.69 Å². The highest BCUT2D eigenvalue weighted by Crippen LogP contribution is 2.28. The fourth-order valence-electron chi connectivity index (χ4n) is 3.41. The third-order valence-electron chi connectivity index (χ3n) is 4.91. The first-order valence-electron chi connectivity index (χ1n) is 9.02. The van der Waals surface area contributed by atoms with E-state index in [0.717, 1.165) is 30.2 Å². The lowest BCUT2D eigenvalue weighted by Crippen LogP contribution is -2.48. The number of nitrogens with zero attached hydrogens (tertiary/aromatic N) is 4. The van der Waals surface area contributed by atoms with E-state index < -0.39 is 0 Å². The molecule has 0 unspecified atom stereocenters. The number of piperazine rings is 1. The summed E-state index contributed by atoms with van der Waals surface area (Å²) < 4.78 is 7.37. The van der Waals surface area contributed by atoms with E-state index in [9.17, 15) is 4.79 Å². The van der Waals surface area contributed by atoms with Crippen molar-refractivity contribution in [3.8, 4) is 11.4 Å². The topological polar surface area (TPSA) is 50.6 Å². The maximum absolute atomic E-state index is 12.8. The summed E-state index contributed by atoms with van der Waals surface area (Å²) in [7, 11) is 1.69. The average molecular weight is 362 g/mol. The van der Waals surface area contributed by atoms with Gasteiger partial charge in [-0.1, -0.05) is 12.1 Å². The Bertz CT molecular complexity index is 898. The van der Waals surface area contributed by atoms with Crippen LogP contribution in [0.3, 0.4) is 0 Å². The van der Waals surface area contributed by atoms with Gasteiger partial charge in [0, 0.05) is 49.8 Å². The number of carbonyl (C=O) groups excluding carboxylic acids is 1. The number of hydrogen-bond acceptors (Lipinski definition) is 4. The van der Waals surface area contributed by atoms with Crippen LogP contribution in [0.1, 0.15) is 10.4 Å². The van der Waals surface area contributed by atoms with Crippen molar-refractivity contribution in [3.05, 3.63) is 72.8 Å². The van der Waals surface area contributed by atoms with Crippen molar-refractivity contribution >= 4 is 11.6 Å². The Morgan fingerprint density at radius 1 is 1.00 bits per heavy atom. The molecular formula is C21H22N4O2. The summed E-state index contributed by atoms with van der Waals surface area (Å²) in [4.78, 5) is 21.1. The molecular weight excluding hydrogens is 340 g/mol. The van der Waals surface area contributed by atoms with Gasteiger partial charge in [-0.15, -0.1) is 0 Å². The van der Waals surface area contributed by atoms with Gasteiger partial charge in [-0.2, -0.15) is 0 Å². The van der Waals surface area contributed by atoms with Crippen LogP contribution in [-0.4, -0.2) is 53.6 Å². The molecule has 1 aromatic heterocycles. The van der Waals surface area contributed by atoms with E-state index >= 15 is 0 Å². The van der Waals surface area contributed by atoms with Crippen LogP contribution >= 0.6 is 0 Å². The van der Waals surface area contributed by atoms with E-state index in [2.05, 4.69) is 16.0 Å². The van der Waals surface area contributed by atoms with Gasteiger partial charge < -0.3 is 19.1 Å². The minimum atomic E-state index is 0.0758. The van der Waals surface area contributed by atoms with E-state index in [1.807, 2.05) is 58.1 Å². The molecule has 2 aromatic carbocycles. The molecule has 0 aliphatic carbocycles. The molecule has 1 aliphatic rings. The molecule has 3 aromatic rings. The van der Waals surface area contributed by atoms with Crippen molar-refractivity contribution in [3.63, 3.8) is 0 Å². The van der Waals surface area contributed by atoms with Crippen molar-refractivity contribution in [2.24, 2.45) is 0 Å². The molecule has 27 heavy (non-hydrogen) atoms. The number of carbonyl (C=O) groups is 1. The van der Waals surface area contributed by atoms with Gasteiger partial charge >= 0.3 is 0 Å². The molecule has 6 heteroatoms. The largest absolute Gasteiger partial charge is 0.495 e. The lowest BCUT2D eigenvalue weighted by molar-refractivity contribution is 0.0746. The summed E-state index contributed by atoms with van der Waals surface area (Å²) in [5.41, 5.74) is 2.78. The highest BCUT2D eigenvalue weighted by atomic mass is 16.5. The summed E-state index contributed by atoms with van der Waals surface area (Å²) in [5.74, 6) is 0.944. The third-order valence-corrected chi connectivity index (χ3v) is 4.91. The maximum Gasteiger partial charge on any atom is 0.253 e. The first-order valence-corrected chi connectivity index (χ1v) is 9.02. The van der Waals surface area contributed by atoms with Crippen LogP contribution < -0.4 is 9.64 Å². The number of para-hydroxylation sites is 2. The molecule has 0 saturated carbocycles. The van der Waals surface area contributed by atoms with Crippen molar-refractivity contribution in [1.82, 2.24) is 14.5 Å². The Balaban J connectivity index is 1.41. The van der Waals surface area contributed by atoms with E-state index in [4.69, 9.17) is 4.74 Å². The SMILES string of the molecule is COc1ccccc1N1CCN(C(=O)c2ccc(-n3ccnc3)cc2)CC1. The standard InChI is InChI=1S/C21H22N4O2/c1-27-20-5-3-2-4-19(20)23-12-14-24(15-13-23)21(26)17-6-8-18(9-7-17)25-11-10-22-16-25/h2-11,16H,12-15H2,1H3. The molecule has 0 atom stereocenters. The molecule has 1 fully saturated rings. The first-order chi connectivity index (χ1) is 13.3. The van der Waals surface area contributed by atoms with Gasteiger partial charge in [0.1, 0.15) is 5.75 Å². The fraction of sp³-hybridized carbons (Fsp3) is 0.238. The van der Waals surface area contributed by atoms with Crippen molar-refractivity contribution in [1.29, 1.82) is 0 Å². The Hall–Kier alpha value is -3.28. The smallest absolute Gasteiger partial charge is 0.253 e. The normalized spacial score (nSPS) is 14.3. The highest BCUT2D eigenvalue weighted by Gasteiger charge is 2.23. The Kier molecular flexibility index (Phi) is 4.78. The summed E-state index contributed by atoms with van der Waals surface area (Å²) >= 11 is 0. The molecule has 138 valence electrons. The van der Waals surface area contributed by atoms with Gasteiger partial charge in [-0.05, 0) is 36.4 Å². The lowest BCUT2D eigenvalue weighted by atomic mass is 10.1. The van der Waals surface area contributed by atoms with Crippen LogP contribution in [0.15, 0.2) is 67.3 Å². The van der Waals surface area contributed by atoms with Crippen molar-refractivity contribution in [2.75, 3.05) is 38.2 Å². The molecule has 2 heterocycles. The van der Waals surface area contributed by atoms with E-state index in [-0.39, 0.29) is 5.91 Å². The number of aromatic nitrogens is 2. The highest BCUT2D eigenvalue weighted by molar-refractivity contribution is 5.94. The Morgan fingerprint density at radius 2 is 1.74 bits per heavy atom. The lowest BCUT2D eigenvalue weighted by Gasteiger charge is -2.36. The maximum atomic E-state index is 12.8. The number of ether oxygens (including phenoxy) is 1. The summed E-state index contributed by atoms with van der Waals surface area (Å²) in [6.07, 6.45) is 5.36. The number of benzene rings is 2. The predicted molar refractivity (Wildman–Crippen MR) is 105 cm³/mol. The predicted octanol–water partition coefficient (Wildman–Crippen LogP) is 2.84. The zero-order valence-electron chi connectivity index (χ0n) is 15.3. The number of imidazole rings is 1. The Labute approximate surface area is 158 Å². The first kappa shape index (κ1) is 17.1. The molecule has 1 amide bonds. The number of hydrogen-bond donors (Lipinski definition) is 0. The van der Waals surface area contributed by atoms with Gasteiger partial charge in [0.25, 0.3) is 5.91 Å². The van der Waals surface area contributed by atoms with Crippen LogP contribution in [0.2, 0.25) is 0 Å². The average Bonchev–Trinajstić information content (AvgIpc) is 3.28. The second-order valence-corrected chi connectivity index (χ2v) is 6.47. The van der Waals surface area contributed by atoms with Crippen LogP contribution in [0, 0.1) is 0 Å². The molecule has 0 radical (unpaired) electrons. The molecule has 0 spiro atoms. The van der Waals surface area contributed by atoms with Gasteiger partial charge in [-0.25, -0.2) is 4.98 Å². The van der Waals surface area contributed by atoms with Gasteiger partial charge in [0.2, 0.25) is 0 Å². The van der Waals surface area contributed by atoms with Crippen LogP contribution in [0.4, 0.5) is 5.69 Å². The Morgan fingerprint density at radius 3 is 2.41 bits per heavy atom. The van der Waals surface area contributed by atoms with E-state index in [1.165, 1.54) is 0 Å².